The SMILES string of the molecule is CC.Cc1ccc2c(c1)C(C)(C)C(=O)O2. The summed E-state index contributed by atoms with van der Waals surface area (Å²) in [5.74, 6) is 0.550. The first-order valence-electron chi connectivity index (χ1n) is 5.35. The van der Waals surface area contributed by atoms with Crippen LogP contribution in [0, 0.1) is 6.92 Å². The van der Waals surface area contributed by atoms with Crippen molar-refractivity contribution in [2.24, 2.45) is 0 Å². The lowest BCUT2D eigenvalue weighted by Gasteiger charge is -2.12. The maximum atomic E-state index is 11.4. The number of esters is 1. The number of carbonyl (C=O) groups is 1. The molecule has 0 atom stereocenters. The molecule has 1 aliphatic heterocycles. The molecule has 0 bridgehead atoms. The predicted octanol–water partition coefficient (Wildman–Crippen LogP) is 3.22. The van der Waals surface area contributed by atoms with Gasteiger partial charge >= 0.3 is 5.97 Å². The van der Waals surface area contributed by atoms with E-state index < -0.39 is 5.41 Å². The van der Waals surface area contributed by atoms with E-state index in [2.05, 4.69) is 0 Å². The summed E-state index contributed by atoms with van der Waals surface area (Å²) >= 11 is 0. The van der Waals surface area contributed by atoms with Crippen molar-refractivity contribution < 1.29 is 9.53 Å². The number of carbonyl (C=O) groups excluding carboxylic acids is 1. The Bertz CT molecular complexity index is 378. The van der Waals surface area contributed by atoms with E-state index in [1.807, 2.05) is 52.8 Å². The topological polar surface area (TPSA) is 26.3 Å². The van der Waals surface area contributed by atoms with Gasteiger partial charge < -0.3 is 4.74 Å². The molecule has 0 saturated carbocycles. The molecule has 1 aromatic carbocycles. The molecule has 0 aliphatic carbocycles. The van der Waals surface area contributed by atoms with Gasteiger partial charge in [0.15, 0.2) is 0 Å². The number of rotatable bonds is 0. The molecule has 1 aromatic rings. The van der Waals surface area contributed by atoms with Crippen LogP contribution in [0.5, 0.6) is 5.75 Å². The van der Waals surface area contributed by atoms with Crippen LogP contribution in [-0.2, 0) is 10.2 Å². The van der Waals surface area contributed by atoms with Crippen LogP contribution < -0.4 is 4.74 Å². The van der Waals surface area contributed by atoms with E-state index in [1.54, 1.807) is 0 Å². The quantitative estimate of drug-likeness (QED) is 0.481. The fourth-order valence-electron chi connectivity index (χ4n) is 1.56. The van der Waals surface area contributed by atoms with Crippen LogP contribution in [0.15, 0.2) is 18.2 Å². The first-order valence-corrected chi connectivity index (χ1v) is 5.35. The number of hydrogen-bond acceptors (Lipinski definition) is 2. The summed E-state index contributed by atoms with van der Waals surface area (Å²) in [5, 5.41) is 0. The Kier molecular flexibility index (Phi) is 3.18. The predicted molar refractivity (Wildman–Crippen MR) is 61.2 cm³/mol. The zero-order valence-corrected chi connectivity index (χ0v) is 10.0. The molecule has 0 radical (unpaired) electrons. The van der Waals surface area contributed by atoms with Crippen molar-refractivity contribution in [1.29, 1.82) is 0 Å². The Morgan fingerprint density at radius 2 is 1.80 bits per heavy atom. The van der Waals surface area contributed by atoms with E-state index in [1.165, 1.54) is 0 Å². The highest BCUT2D eigenvalue weighted by molar-refractivity contribution is 5.89. The minimum absolute atomic E-state index is 0.159. The highest BCUT2D eigenvalue weighted by Crippen LogP contribution is 2.39. The van der Waals surface area contributed by atoms with E-state index in [9.17, 15) is 4.79 Å². The van der Waals surface area contributed by atoms with Crippen molar-refractivity contribution in [1.82, 2.24) is 0 Å². The van der Waals surface area contributed by atoms with Crippen LogP contribution in [0.25, 0.3) is 0 Å². The second-order valence-corrected chi connectivity index (χ2v) is 4.01. The maximum absolute atomic E-state index is 11.4. The fraction of sp³-hybridized carbons (Fsp3) is 0.462. The van der Waals surface area contributed by atoms with Crippen LogP contribution in [-0.4, -0.2) is 5.97 Å². The van der Waals surface area contributed by atoms with Crippen molar-refractivity contribution in [2.45, 2.75) is 40.0 Å². The highest BCUT2D eigenvalue weighted by Gasteiger charge is 2.40. The third kappa shape index (κ3) is 1.89. The molecule has 0 aromatic heterocycles. The maximum Gasteiger partial charge on any atom is 0.321 e. The van der Waals surface area contributed by atoms with Gasteiger partial charge in [-0.1, -0.05) is 31.5 Å². The Labute approximate surface area is 91.3 Å². The number of benzene rings is 1. The monoisotopic (exact) mass is 206 g/mol. The van der Waals surface area contributed by atoms with Gasteiger partial charge in [-0.15, -0.1) is 0 Å². The first kappa shape index (κ1) is 11.8. The number of aryl methyl sites for hydroxylation is 1. The summed E-state index contributed by atoms with van der Waals surface area (Å²) in [7, 11) is 0. The van der Waals surface area contributed by atoms with E-state index in [-0.39, 0.29) is 5.97 Å². The second-order valence-electron chi connectivity index (χ2n) is 4.01. The molecule has 2 nitrogen and oxygen atoms in total. The van der Waals surface area contributed by atoms with Gasteiger partial charge in [-0.2, -0.15) is 0 Å². The third-order valence-corrected chi connectivity index (χ3v) is 2.52. The summed E-state index contributed by atoms with van der Waals surface area (Å²) in [6, 6.07) is 5.82. The molecule has 2 heteroatoms. The molecule has 1 aliphatic rings. The zero-order chi connectivity index (χ0) is 11.6. The molecule has 0 fully saturated rings. The Morgan fingerprint density at radius 3 is 2.40 bits per heavy atom. The first-order chi connectivity index (χ1) is 7.01. The zero-order valence-electron chi connectivity index (χ0n) is 10.0. The largest absolute Gasteiger partial charge is 0.426 e. The van der Waals surface area contributed by atoms with E-state index in [4.69, 9.17) is 4.74 Å². The van der Waals surface area contributed by atoms with Crippen molar-refractivity contribution in [3.63, 3.8) is 0 Å². The number of hydrogen-bond donors (Lipinski definition) is 0. The molecule has 0 unspecified atom stereocenters. The normalized spacial score (nSPS) is 16.2. The molecule has 0 spiro atoms. The molecule has 0 saturated heterocycles. The van der Waals surface area contributed by atoms with Crippen LogP contribution in [0.4, 0.5) is 0 Å². The minimum Gasteiger partial charge on any atom is -0.426 e. The summed E-state index contributed by atoms with van der Waals surface area (Å²) in [4.78, 5) is 11.4. The average Bonchev–Trinajstić information content (AvgIpc) is 2.43. The molecule has 0 amide bonds. The van der Waals surface area contributed by atoms with Gasteiger partial charge in [-0.05, 0) is 26.8 Å². The van der Waals surface area contributed by atoms with Gasteiger partial charge in [-0.25, -0.2) is 0 Å². The molecule has 82 valence electrons. The standard InChI is InChI=1S/C11H12O2.C2H6/c1-7-4-5-9-8(6-7)11(2,3)10(12)13-9;1-2/h4-6H,1-3H3;1-2H3. The Hall–Kier alpha value is -1.31. The summed E-state index contributed by atoms with van der Waals surface area (Å²) in [5.41, 5.74) is 1.67. The fourth-order valence-corrected chi connectivity index (χ4v) is 1.56. The lowest BCUT2D eigenvalue weighted by molar-refractivity contribution is -0.137. The van der Waals surface area contributed by atoms with Crippen LogP contribution in [0.2, 0.25) is 0 Å². The van der Waals surface area contributed by atoms with Gasteiger partial charge in [-0.3, -0.25) is 4.79 Å². The summed E-state index contributed by atoms with van der Waals surface area (Å²) in [6.07, 6.45) is 0. The van der Waals surface area contributed by atoms with Crippen LogP contribution >= 0.6 is 0 Å². The lowest BCUT2D eigenvalue weighted by atomic mass is 9.86. The van der Waals surface area contributed by atoms with Gasteiger partial charge in [0, 0.05) is 5.56 Å². The van der Waals surface area contributed by atoms with Gasteiger partial charge in [0.05, 0.1) is 5.41 Å². The number of fused-ring (bicyclic) bond motifs is 1. The molecule has 1 heterocycles. The molecular formula is C13H18O2. The van der Waals surface area contributed by atoms with Crippen LogP contribution in [0.3, 0.4) is 0 Å². The Balaban J connectivity index is 0.000000531. The van der Waals surface area contributed by atoms with Crippen LogP contribution in [0.1, 0.15) is 38.8 Å². The van der Waals surface area contributed by atoms with E-state index >= 15 is 0 Å². The third-order valence-electron chi connectivity index (χ3n) is 2.52. The summed E-state index contributed by atoms with van der Waals surface area (Å²) < 4.78 is 5.14. The molecular weight excluding hydrogens is 188 g/mol. The molecule has 15 heavy (non-hydrogen) atoms. The summed E-state index contributed by atoms with van der Waals surface area (Å²) in [6.45, 7) is 9.79. The van der Waals surface area contributed by atoms with Crippen molar-refractivity contribution in [2.75, 3.05) is 0 Å². The van der Waals surface area contributed by atoms with Gasteiger partial charge in [0.2, 0.25) is 0 Å². The van der Waals surface area contributed by atoms with Crippen molar-refractivity contribution in [3.05, 3.63) is 29.3 Å². The highest BCUT2D eigenvalue weighted by atomic mass is 16.5. The second kappa shape index (κ2) is 4.05. The van der Waals surface area contributed by atoms with Gasteiger partial charge in [0.25, 0.3) is 0 Å². The smallest absolute Gasteiger partial charge is 0.321 e. The minimum atomic E-state index is -0.485. The van der Waals surface area contributed by atoms with E-state index in [0.29, 0.717) is 5.75 Å². The van der Waals surface area contributed by atoms with Crippen molar-refractivity contribution in [3.8, 4) is 5.75 Å². The molecule has 0 N–H and O–H groups in total. The molecule has 2 rings (SSSR count). The van der Waals surface area contributed by atoms with E-state index in [0.717, 1.165) is 11.1 Å². The average molecular weight is 206 g/mol. The van der Waals surface area contributed by atoms with Gasteiger partial charge in [0.1, 0.15) is 5.75 Å². The Morgan fingerprint density at radius 1 is 1.20 bits per heavy atom. The lowest BCUT2D eigenvalue weighted by Crippen LogP contribution is -2.25. The van der Waals surface area contributed by atoms with Crippen molar-refractivity contribution >= 4 is 5.97 Å². The number of ether oxygens (including phenoxy) is 1.